The molecule has 0 bridgehead atoms. The second kappa shape index (κ2) is 5.62. The minimum absolute atomic E-state index is 0.105. The Balaban J connectivity index is 2.61. The summed E-state index contributed by atoms with van der Waals surface area (Å²) in [6, 6.07) is 0. The number of esters is 1. The number of hydrogen-bond donors (Lipinski definition) is 3. The highest BCUT2D eigenvalue weighted by Crippen LogP contribution is 2.34. The highest BCUT2D eigenvalue weighted by atomic mass is 16.5. The Labute approximate surface area is 101 Å². The molecule has 2 unspecified atom stereocenters. The molecule has 0 aromatic carbocycles. The average Bonchev–Trinajstić information content (AvgIpc) is 2.57. The molecule has 2 atom stereocenters. The summed E-state index contributed by atoms with van der Waals surface area (Å²) in [4.78, 5) is 11.3. The summed E-state index contributed by atoms with van der Waals surface area (Å²) >= 11 is 0. The van der Waals surface area contributed by atoms with Gasteiger partial charge in [0, 0.05) is 16.9 Å². The van der Waals surface area contributed by atoms with Crippen molar-refractivity contribution in [3.63, 3.8) is 0 Å². The number of carbonyl (C=O) groups excluding carboxylic acids is 1. The van der Waals surface area contributed by atoms with Crippen molar-refractivity contribution in [3.8, 4) is 0 Å². The van der Waals surface area contributed by atoms with Crippen molar-refractivity contribution in [1.82, 2.24) is 0 Å². The lowest BCUT2D eigenvalue weighted by atomic mass is 9.81. The predicted octanol–water partition coefficient (Wildman–Crippen LogP) is -0.152. The standard InChI is InChI=1S/C12H20O5/c1-8-10(9(2)17-11(8)16)3-4-12(5-13,6-14)7-15/h9-10,13-15H,1,3-7H2,2H3. The van der Waals surface area contributed by atoms with Gasteiger partial charge < -0.3 is 20.1 Å². The van der Waals surface area contributed by atoms with E-state index >= 15 is 0 Å². The first-order valence-corrected chi connectivity index (χ1v) is 5.72. The van der Waals surface area contributed by atoms with Gasteiger partial charge in [0.15, 0.2) is 0 Å². The fraction of sp³-hybridized carbons (Fsp3) is 0.750. The average molecular weight is 244 g/mol. The first-order chi connectivity index (χ1) is 7.99. The van der Waals surface area contributed by atoms with Gasteiger partial charge in [-0.05, 0) is 19.8 Å². The number of aliphatic hydroxyl groups is 3. The molecule has 1 rings (SSSR count). The van der Waals surface area contributed by atoms with E-state index < -0.39 is 5.41 Å². The molecule has 1 aliphatic heterocycles. The summed E-state index contributed by atoms with van der Waals surface area (Å²) < 4.78 is 5.03. The first kappa shape index (κ1) is 14.2. The van der Waals surface area contributed by atoms with E-state index in [1.807, 2.05) is 0 Å². The Kier molecular flexibility index (Phi) is 4.68. The van der Waals surface area contributed by atoms with Crippen LogP contribution in [-0.4, -0.2) is 47.2 Å². The monoisotopic (exact) mass is 244 g/mol. The van der Waals surface area contributed by atoms with Gasteiger partial charge in [-0.25, -0.2) is 4.79 Å². The predicted molar refractivity (Wildman–Crippen MR) is 61.1 cm³/mol. The maximum absolute atomic E-state index is 11.3. The van der Waals surface area contributed by atoms with Crippen molar-refractivity contribution in [1.29, 1.82) is 0 Å². The number of aliphatic hydroxyl groups excluding tert-OH is 3. The van der Waals surface area contributed by atoms with Gasteiger partial charge in [0.2, 0.25) is 0 Å². The molecule has 3 N–H and O–H groups in total. The molecule has 1 saturated heterocycles. The third kappa shape index (κ3) is 2.86. The van der Waals surface area contributed by atoms with Crippen LogP contribution in [0.5, 0.6) is 0 Å². The van der Waals surface area contributed by atoms with Crippen LogP contribution in [0, 0.1) is 11.3 Å². The molecule has 5 heteroatoms. The second-order valence-corrected chi connectivity index (χ2v) is 4.76. The Morgan fingerprint density at radius 2 is 1.82 bits per heavy atom. The van der Waals surface area contributed by atoms with Crippen molar-refractivity contribution in [3.05, 3.63) is 12.2 Å². The maximum atomic E-state index is 11.3. The van der Waals surface area contributed by atoms with Crippen LogP contribution in [0.3, 0.4) is 0 Å². The third-order valence-electron chi connectivity index (χ3n) is 3.56. The fourth-order valence-corrected chi connectivity index (χ4v) is 2.02. The zero-order valence-corrected chi connectivity index (χ0v) is 10.1. The number of hydrogen-bond acceptors (Lipinski definition) is 5. The van der Waals surface area contributed by atoms with E-state index in [1.165, 1.54) is 0 Å². The molecule has 1 aliphatic rings. The molecular weight excluding hydrogens is 224 g/mol. The zero-order valence-electron chi connectivity index (χ0n) is 10.1. The van der Waals surface area contributed by atoms with Gasteiger partial charge in [0.1, 0.15) is 6.10 Å². The van der Waals surface area contributed by atoms with Gasteiger partial charge in [-0.1, -0.05) is 6.58 Å². The molecule has 0 spiro atoms. The minimum Gasteiger partial charge on any atom is -0.459 e. The van der Waals surface area contributed by atoms with Gasteiger partial charge in [0.05, 0.1) is 19.8 Å². The lowest BCUT2D eigenvalue weighted by Gasteiger charge is -2.28. The van der Waals surface area contributed by atoms with Crippen LogP contribution >= 0.6 is 0 Å². The lowest BCUT2D eigenvalue weighted by molar-refractivity contribution is -0.138. The van der Waals surface area contributed by atoms with Crippen LogP contribution in [-0.2, 0) is 9.53 Å². The van der Waals surface area contributed by atoms with E-state index in [0.717, 1.165) is 0 Å². The van der Waals surface area contributed by atoms with E-state index in [4.69, 9.17) is 4.74 Å². The van der Waals surface area contributed by atoms with Crippen molar-refractivity contribution in [2.45, 2.75) is 25.9 Å². The van der Waals surface area contributed by atoms with Crippen LogP contribution in [0.4, 0.5) is 0 Å². The fourth-order valence-electron chi connectivity index (χ4n) is 2.02. The quantitative estimate of drug-likeness (QED) is 0.447. The summed E-state index contributed by atoms with van der Waals surface area (Å²) in [6.45, 7) is 4.61. The van der Waals surface area contributed by atoms with Gasteiger partial charge in [-0.2, -0.15) is 0 Å². The summed E-state index contributed by atoms with van der Waals surface area (Å²) in [7, 11) is 0. The van der Waals surface area contributed by atoms with Crippen molar-refractivity contribution < 1.29 is 24.9 Å². The number of rotatable bonds is 6. The number of cyclic esters (lactones) is 1. The summed E-state index contributed by atoms with van der Waals surface area (Å²) in [5.74, 6) is -0.489. The topological polar surface area (TPSA) is 87.0 Å². The third-order valence-corrected chi connectivity index (χ3v) is 3.56. The Morgan fingerprint density at radius 1 is 1.29 bits per heavy atom. The van der Waals surface area contributed by atoms with E-state index in [2.05, 4.69) is 6.58 Å². The van der Waals surface area contributed by atoms with Gasteiger partial charge in [-0.15, -0.1) is 0 Å². The van der Waals surface area contributed by atoms with Crippen LogP contribution in [0.1, 0.15) is 19.8 Å². The van der Waals surface area contributed by atoms with E-state index in [9.17, 15) is 20.1 Å². The number of carbonyl (C=O) groups is 1. The van der Waals surface area contributed by atoms with Crippen molar-refractivity contribution in [2.75, 3.05) is 19.8 Å². The van der Waals surface area contributed by atoms with Gasteiger partial charge >= 0.3 is 5.97 Å². The van der Waals surface area contributed by atoms with Crippen LogP contribution < -0.4 is 0 Å². The molecule has 98 valence electrons. The van der Waals surface area contributed by atoms with Gasteiger partial charge in [-0.3, -0.25) is 0 Å². The van der Waals surface area contributed by atoms with E-state index in [0.29, 0.717) is 18.4 Å². The maximum Gasteiger partial charge on any atom is 0.334 e. The molecular formula is C12H20O5. The van der Waals surface area contributed by atoms with Crippen LogP contribution in [0.2, 0.25) is 0 Å². The Morgan fingerprint density at radius 3 is 2.18 bits per heavy atom. The molecule has 0 aliphatic carbocycles. The Bertz CT molecular complexity index is 287. The van der Waals surface area contributed by atoms with Crippen LogP contribution in [0.15, 0.2) is 12.2 Å². The molecule has 0 amide bonds. The first-order valence-electron chi connectivity index (χ1n) is 5.72. The Hall–Kier alpha value is -0.910. The highest BCUT2D eigenvalue weighted by molar-refractivity contribution is 5.90. The molecule has 0 aromatic rings. The van der Waals surface area contributed by atoms with Crippen molar-refractivity contribution in [2.24, 2.45) is 11.3 Å². The summed E-state index contributed by atoms with van der Waals surface area (Å²) in [6.07, 6.45) is 0.734. The van der Waals surface area contributed by atoms with Crippen molar-refractivity contribution >= 4 is 5.97 Å². The SMILES string of the molecule is C=C1C(=O)OC(C)C1CCC(CO)(CO)CO. The zero-order chi connectivity index (χ0) is 13.1. The summed E-state index contributed by atoms with van der Waals surface area (Å²) in [5.41, 5.74) is -0.466. The molecule has 1 fully saturated rings. The number of ether oxygens (including phenoxy) is 1. The molecule has 17 heavy (non-hydrogen) atoms. The normalized spacial score (nSPS) is 25.2. The largest absolute Gasteiger partial charge is 0.459 e. The minimum atomic E-state index is -0.897. The molecule has 0 radical (unpaired) electrons. The van der Waals surface area contributed by atoms with Gasteiger partial charge in [0.25, 0.3) is 0 Å². The second-order valence-electron chi connectivity index (χ2n) is 4.76. The van der Waals surface area contributed by atoms with Crippen LogP contribution in [0.25, 0.3) is 0 Å². The molecule has 5 nitrogen and oxygen atoms in total. The van der Waals surface area contributed by atoms with E-state index in [1.54, 1.807) is 6.92 Å². The summed E-state index contributed by atoms with van der Waals surface area (Å²) in [5, 5.41) is 27.6. The smallest absolute Gasteiger partial charge is 0.334 e. The lowest BCUT2D eigenvalue weighted by Crippen LogP contribution is -2.34. The highest BCUT2D eigenvalue weighted by Gasteiger charge is 2.38. The molecule has 0 aromatic heterocycles. The molecule has 0 saturated carbocycles. The van der Waals surface area contributed by atoms with E-state index in [-0.39, 0.29) is 37.8 Å². The molecule has 1 heterocycles.